The number of hydrogen-bond donors (Lipinski definition) is 0. The molecule has 1 rings (SSSR count). The van der Waals surface area contributed by atoms with Gasteiger partial charge in [-0.2, -0.15) is 5.26 Å². The lowest BCUT2D eigenvalue weighted by atomic mass is 9.95. The normalized spacial score (nSPS) is 26.1. The van der Waals surface area contributed by atoms with E-state index >= 15 is 0 Å². The van der Waals surface area contributed by atoms with Crippen LogP contribution in [0.25, 0.3) is 0 Å². The molecule has 2 atom stereocenters. The molecule has 2 heteroatoms. The Bertz CT molecular complexity index is 236. The quantitative estimate of drug-likeness (QED) is 0.363. The molecule has 2 unspecified atom stereocenters. The molecule has 1 fully saturated rings. The van der Waals surface area contributed by atoms with Crippen molar-refractivity contribution in [1.82, 2.24) is 0 Å². The summed E-state index contributed by atoms with van der Waals surface area (Å²) < 4.78 is 0. The van der Waals surface area contributed by atoms with Crippen molar-refractivity contribution in [2.45, 2.75) is 39.0 Å². The highest BCUT2D eigenvalue weighted by Crippen LogP contribution is 2.27. The van der Waals surface area contributed by atoms with Gasteiger partial charge in [-0.25, -0.2) is 0 Å². The molecular weight excluding hydrogens is 174 g/mol. The average molecular weight is 191 g/mol. The number of carbonyl (C=O) groups is 1. The summed E-state index contributed by atoms with van der Waals surface area (Å²) in [4.78, 5) is 11.1. The fourth-order valence-corrected chi connectivity index (χ4v) is 1.84. The first kappa shape index (κ1) is 12.7. The Hall–Kier alpha value is -1.28. The number of Topliss-reactive ketones (excluding diaryl/α,β-unsaturated/α-hetero) is 1. The summed E-state index contributed by atoms with van der Waals surface area (Å²) in [5.74, 6) is 0.575. The Balaban J connectivity index is 0.000000791. The van der Waals surface area contributed by atoms with E-state index in [9.17, 15) is 4.79 Å². The Labute approximate surface area is 86.3 Å². The van der Waals surface area contributed by atoms with Crippen molar-refractivity contribution >= 4 is 5.78 Å². The smallest absolute Gasteiger partial charge is 0.234 e. The molecule has 76 valence electrons. The van der Waals surface area contributed by atoms with Crippen molar-refractivity contribution in [3.63, 3.8) is 0 Å². The van der Waals surface area contributed by atoms with Gasteiger partial charge in [-0.05, 0) is 25.2 Å². The SMILES string of the molecule is C#C.CC1CCCC(C(=O)C#N)CC1. The maximum Gasteiger partial charge on any atom is 0.234 e. The van der Waals surface area contributed by atoms with Crippen LogP contribution in [0.5, 0.6) is 0 Å². The van der Waals surface area contributed by atoms with Crippen molar-refractivity contribution in [1.29, 1.82) is 5.26 Å². The van der Waals surface area contributed by atoms with Crippen molar-refractivity contribution in [2.75, 3.05) is 0 Å². The summed E-state index contributed by atoms with van der Waals surface area (Å²) in [6.45, 7) is 2.22. The molecule has 2 nitrogen and oxygen atoms in total. The third kappa shape index (κ3) is 4.10. The molecule has 0 N–H and O–H groups in total. The average Bonchev–Trinajstić information content (AvgIpc) is 2.45. The van der Waals surface area contributed by atoms with E-state index in [1.54, 1.807) is 6.07 Å². The molecule has 0 aromatic carbocycles. The Morgan fingerprint density at radius 1 is 1.29 bits per heavy atom. The highest BCUT2D eigenvalue weighted by Gasteiger charge is 2.21. The minimum Gasteiger partial charge on any atom is -0.282 e. The maximum absolute atomic E-state index is 11.1. The largest absolute Gasteiger partial charge is 0.282 e. The molecule has 0 amide bonds. The number of terminal acetylenes is 1. The van der Waals surface area contributed by atoms with Crippen molar-refractivity contribution in [2.24, 2.45) is 11.8 Å². The molecule has 0 heterocycles. The Morgan fingerprint density at radius 3 is 2.50 bits per heavy atom. The molecule has 0 aliphatic heterocycles. The van der Waals surface area contributed by atoms with Gasteiger partial charge in [0.15, 0.2) is 0 Å². The topological polar surface area (TPSA) is 40.9 Å². The minimum atomic E-state index is -0.205. The van der Waals surface area contributed by atoms with Crippen LogP contribution in [0.15, 0.2) is 0 Å². The van der Waals surface area contributed by atoms with E-state index in [1.165, 1.54) is 6.42 Å². The summed E-state index contributed by atoms with van der Waals surface area (Å²) in [6.07, 6.45) is 13.3. The van der Waals surface area contributed by atoms with Gasteiger partial charge >= 0.3 is 0 Å². The number of carbonyl (C=O) groups excluding carboxylic acids is 1. The van der Waals surface area contributed by atoms with E-state index in [0.717, 1.165) is 31.6 Å². The maximum atomic E-state index is 11.1. The van der Waals surface area contributed by atoms with Gasteiger partial charge in [-0.3, -0.25) is 4.79 Å². The van der Waals surface area contributed by atoms with Gasteiger partial charge in [0.25, 0.3) is 0 Å². The zero-order valence-electron chi connectivity index (χ0n) is 8.70. The summed E-state index contributed by atoms with van der Waals surface area (Å²) in [5, 5.41) is 8.45. The highest BCUT2D eigenvalue weighted by molar-refractivity contribution is 5.95. The zero-order valence-corrected chi connectivity index (χ0v) is 8.70. The predicted molar refractivity (Wildman–Crippen MR) is 56.2 cm³/mol. The van der Waals surface area contributed by atoms with E-state index in [1.807, 2.05) is 0 Å². The van der Waals surface area contributed by atoms with Crippen LogP contribution < -0.4 is 0 Å². The zero-order chi connectivity index (χ0) is 11.0. The standard InChI is InChI=1S/C10H15NO.C2H2/c1-8-3-2-4-9(6-5-8)10(12)7-11;1-2/h8-9H,2-6H2,1H3;1-2H. The van der Waals surface area contributed by atoms with E-state index in [2.05, 4.69) is 19.8 Å². The second-order valence-electron chi connectivity index (χ2n) is 3.79. The van der Waals surface area contributed by atoms with Crippen molar-refractivity contribution in [3.05, 3.63) is 0 Å². The molecule has 1 aliphatic carbocycles. The molecule has 0 aromatic heterocycles. The van der Waals surface area contributed by atoms with Crippen LogP contribution in [-0.4, -0.2) is 5.78 Å². The van der Waals surface area contributed by atoms with E-state index in [4.69, 9.17) is 5.26 Å². The molecule has 0 saturated heterocycles. The number of nitriles is 1. The number of hydrogen-bond acceptors (Lipinski definition) is 2. The van der Waals surface area contributed by atoms with Gasteiger partial charge in [0.05, 0.1) is 0 Å². The summed E-state index contributed by atoms with van der Waals surface area (Å²) in [7, 11) is 0. The van der Waals surface area contributed by atoms with Gasteiger partial charge in [0.1, 0.15) is 6.07 Å². The molecular formula is C12H17NO. The lowest BCUT2D eigenvalue weighted by Gasteiger charge is -2.06. The summed E-state index contributed by atoms with van der Waals surface area (Å²) in [5.41, 5.74) is 0. The second-order valence-corrected chi connectivity index (χ2v) is 3.79. The van der Waals surface area contributed by atoms with E-state index in [0.29, 0.717) is 0 Å². The lowest BCUT2D eigenvalue weighted by molar-refractivity contribution is -0.117. The van der Waals surface area contributed by atoms with Gasteiger partial charge in [0, 0.05) is 5.92 Å². The van der Waals surface area contributed by atoms with Crippen LogP contribution in [0.3, 0.4) is 0 Å². The van der Waals surface area contributed by atoms with E-state index in [-0.39, 0.29) is 11.7 Å². The molecule has 0 aromatic rings. The second kappa shape index (κ2) is 7.15. The Kier molecular flexibility index (Phi) is 6.50. The van der Waals surface area contributed by atoms with Crippen LogP contribution in [0, 0.1) is 36.0 Å². The third-order valence-electron chi connectivity index (χ3n) is 2.74. The minimum absolute atomic E-state index is 0.0416. The molecule has 1 saturated carbocycles. The summed E-state index contributed by atoms with van der Waals surface area (Å²) in [6, 6.07) is 1.74. The van der Waals surface area contributed by atoms with Crippen molar-refractivity contribution < 1.29 is 4.79 Å². The first-order chi connectivity index (χ1) is 6.74. The van der Waals surface area contributed by atoms with E-state index < -0.39 is 0 Å². The fourth-order valence-electron chi connectivity index (χ4n) is 1.84. The number of nitrogens with zero attached hydrogens (tertiary/aromatic N) is 1. The fraction of sp³-hybridized carbons (Fsp3) is 0.667. The monoisotopic (exact) mass is 191 g/mol. The van der Waals surface area contributed by atoms with Gasteiger partial charge in [-0.15, -0.1) is 12.8 Å². The van der Waals surface area contributed by atoms with Crippen LogP contribution >= 0.6 is 0 Å². The molecule has 14 heavy (non-hydrogen) atoms. The summed E-state index contributed by atoms with van der Waals surface area (Å²) >= 11 is 0. The van der Waals surface area contributed by atoms with Crippen molar-refractivity contribution in [3.8, 4) is 18.9 Å². The number of rotatable bonds is 1. The van der Waals surface area contributed by atoms with Gasteiger partial charge in [-0.1, -0.05) is 19.8 Å². The molecule has 0 radical (unpaired) electrons. The van der Waals surface area contributed by atoms with Gasteiger partial charge in [0.2, 0.25) is 5.78 Å². The molecule has 0 bridgehead atoms. The molecule has 1 aliphatic rings. The van der Waals surface area contributed by atoms with Crippen LogP contribution in [0.4, 0.5) is 0 Å². The third-order valence-corrected chi connectivity index (χ3v) is 2.74. The molecule has 0 spiro atoms. The number of ketones is 1. The van der Waals surface area contributed by atoms with Crippen LogP contribution in [0.1, 0.15) is 39.0 Å². The van der Waals surface area contributed by atoms with Crippen LogP contribution in [0.2, 0.25) is 0 Å². The van der Waals surface area contributed by atoms with Crippen LogP contribution in [-0.2, 0) is 4.79 Å². The lowest BCUT2D eigenvalue weighted by Crippen LogP contribution is -2.11. The first-order valence-corrected chi connectivity index (χ1v) is 5.01. The predicted octanol–water partition coefficient (Wildman–Crippen LogP) is 2.54. The Morgan fingerprint density at radius 2 is 1.93 bits per heavy atom. The van der Waals surface area contributed by atoms with Gasteiger partial charge < -0.3 is 0 Å². The first-order valence-electron chi connectivity index (χ1n) is 5.01. The highest BCUT2D eigenvalue weighted by atomic mass is 16.1.